The number of aliphatic hydroxyl groups is 1. The van der Waals surface area contributed by atoms with E-state index in [0.29, 0.717) is 12.0 Å². The van der Waals surface area contributed by atoms with Crippen molar-refractivity contribution in [1.29, 1.82) is 0 Å². The molecule has 0 saturated carbocycles. The van der Waals surface area contributed by atoms with Crippen LogP contribution in [-0.2, 0) is 9.59 Å². The molecule has 0 fully saturated rings. The molecule has 0 aromatic heterocycles. The van der Waals surface area contributed by atoms with E-state index in [1.807, 2.05) is 13.8 Å². The Morgan fingerprint density at radius 2 is 2.00 bits per heavy atom. The molecular formula is C15H20O3. The first-order chi connectivity index (χ1) is 8.24. The molecule has 3 heteroatoms. The Morgan fingerprint density at radius 1 is 1.39 bits per heavy atom. The number of aliphatic hydroxyl groups excluding tert-OH is 1. The molecule has 1 unspecified atom stereocenters. The van der Waals surface area contributed by atoms with Gasteiger partial charge in [0.15, 0.2) is 11.5 Å². The van der Waals surface area contributed by atoms with Gasteiger partial charge in [0, 0.05) is 16.4 Å². The third-order valence-corrected chi connectivity index (χ3v) is 4.79. The van der Waals surface area contributed by atoms with Gasteiger partial charge in [-0.25, -0.2) is 0 Å². The van der Waals surface area contributed by atoms with E-state index in [0.717, 1.165) is 12.8 Å². The molecule has 0 bridgehead atoms. The number of ketones is 2. The van der Waals surface area contributed by atoms with Crippen LogP contribution in [0.1, 0.15) is 47.0 Å². The van der Waals surface area contributed by atoms with E-state index in [4.69, 9.17) is 0 Å². The summed E-state index contributed by atoms with van der Waals surface area (Å²) in [6, 6.07) is 0. The highest BCUT2D eigenvalue weighted by Crippen LogP contribution is 2.59. The fourth-order valence-electron chi connectivity index (χ4n) is 3.43. The molecule has 2 aliphatic rings. The number of allylic oxidation sites excluding steroid dienone is 4. The number of carbonyl (C=O) groups is 2. The largest absolute Gasteiger partial charge is 0.504 e. The van der Waals surface area contributed by atoms with Crippen molar-refractivity contribution >= 4 is 11.6 Å². The Hall–Kier alpha value is -1.38. The van der Waals surface area contributed by atoms with E-state index in [1.54, 1.807) is 0 Å². The Labute approximate surface area is 108 Å². The smallest absolute Gasteiger partial charge is 0.204 e. The number of hydrogen-bond acceptors (Lipinski definition) is 3. The van der Waals surface area contributed by atoms with Crippen LogP contribution in [0.15, 0.2) is 23.0 Å². The molecule has 1 atom stereocenters. The zero-order valence-electron chi connectivity index (χ0n) is 11.5. The molecule has 0 saturated heterocycles. The highest BCUT2D eigenvalue weighted by Gasteiger charge is 2.60. The standard InChI is InChI=1S/C15H20O3/c1-9-5-7-15(8-6-9)11(10(2)16)12(17)13(18)14(15,3)4/h5,17H,6-8H2,1-4H3. The molecule has 1 N–H and O–H groups in total. The van der Waals surface area contributed by atoms with Crippen LogP contribution >= 0.6 is 0 Å². The highest BCUT2D eigenvalue weighted by molar-refractivity contribution is 6.12. The molecule has 0 aromatic rings. The summed E-state index contributed by atoms with van der Waals surface area (Å²) in [4.78, 5) is 24.1. The van der Waals surface area contributed by atoms with Crippen LogP contribution in [0.3, 0.4) is 0 Å². The maximum absolute atomic E-state index is 12.2. The first-order valence-electron chi connectivity index (χ1n) is 6.39. The van der Waals surface area contributed by atoms with Gasteiger partial charge in [0.05, 0.1) is 0 Å². The van der Waals surface area contributed by atoms with Crippen LogP contribution in [0.25, 0.3) is 0 Å². The van der Waals surface area contributed by atoms with Gasteiger partial charge in [-0.05, 0) is 33.1 Å². The molecule has 0 radical (unpaired) electrons. The van der Waals surface area contributed by atoms with Gasteiger partial charge in [0.2, 0.25) is 5.78 Å². The maximum atomic E-state index is 12.2. The lowest BCUT2D eigenvalue weighted by Gasteiger charge is -2.43. The number of rotatable bonds is 1. The minimum absolute atomic E-state index is 0.181. The lowest BCUT2D eigenvalue weighted by Crippen LogP contribution is -2.41. The Kier molecular flexibility index (Phi) is 2.76. The minimum Gasteiger partial charge on any atom is -0.504 e. The molecule has 98 valence electrons. The second-order valence-corrected chi connectivity index (χ2v) is 6.07. The first kappa shape index (κ1) is 13.1. The molecule has 2 aliphatic carbocycles. The van der Waals surface area contributed by atoms with Gasteiger partial charge >= 0.3 is 0 Å². The zero-order chi connectivity index (χ0) is 13.7. The lowest BCUT2D eigenvalue weighted by molar-refractivity contribution is -0.128. The molecule has 0 heterocycles. The van der Waals surface area contributed by atoms with Crippen molar-refractivity contribution in [3.8, 4) is 0 Å². The summed E-state index contributed by atoms with van der Waals surface area (Å²) in [6.45, 7) is 7.19. The molecular weight excluding hydrogens is 228 g/mol. The normalized spacial score (nSPS) is 30.9. The summed E-state index contributed by atoms with van der Waals surface area (Å²) in [5.74, 6) is -0.777. The van der Waals surface area contributed by atoms with Crippen molar-refractivity contribution in [2.75, 3.05) is 0 Å². The summed E-state index contributed by atoms with van der Waals surface area (Å²) in [6.07, 6.45) is 4.39. The third kappa shape index (κ3) is 1.43. The summed E-state index contributed by atoms with van der Waals surface area (Å²) in [5, 5.41) is 10.0. The summed E-state index contributed by atoms with van der Waals surface area (Å²) in [7, 11) is 0. The zero-order valence-corrected chi connectivity index (χ0v) is 11.5. The average molecular weight is 248 g/mol. The van der Waals surface area contributed by atoms with Crippen LogP contribution in [0.2, 0.25) is 0 Å². The summed E-state index contributed by atoms with van der Waals surface area (Å²) < 4.78 is 0. The second-order valence-electron chi connectivity index (χ2n) is 6.07. The lowest BCUT2D eigenvalue weighted by atomic mass is 9.58. The van der Waals surface area contributed by atoms with Crippen LogP contribution in [0.4, 0.5) is 0 Å². The second kappa shape index (κ2) is 3.81. The van der Waals surface area contributed by atoms with Crippen molar-refractivity contribution in [2.45, 2.75) is 47.0 Å². The molecule has 0 amide bonds. The molecule has 3 nitrogen and oxygen atoms in total. The van der Waals surface area contributed by atoms with Gasteiger partial charge in [-0.2, -0.15) is 0 Å². The predicted octanol–water partition coefficient (Wildman–Crippen LogP) is 3.11. The van der Waals surface area contributed by atoms with Gasteiger partial charge in [-0.15, -0.1) is 0 Å². The monoisotopic (exact) mass is 248 g/mol. The highest BCUT2D eigenvalue weighted by atomic mass is 16.3. The summed E-state index contributed by atoms with van der Waals surface area (Å²) in [5.41, 5.74) is 0.425. The number of hydrogen-bond donors (Lipinski definition) is 1. The quantitative estimate of drug-likeness (QED) is 0.725. The van der Waals surface area contributed by atoms with E-state index < -0.39 is 10.8 Å². The molecule has 2 rings (SSSR count). The average Bonchev–Trinajstić information content (AvgIpc) is 2.42. The molecule has 0 aliphatic heterocycles. The van der Waals surface area contributed by atoms with Gasteiger partial charge in [-0.1, -0.05) is 25.5 Å². The Bertz CT molecular complexity index is 494. The molecule has 1 spiro atoms. The van der Waals surface area contributed by atoms with E-state index in [9.17, 15) is 14.7 Å². The van der Waals surface area contributed by atoms with E-state index in [-0.39, 0.29) is 17.3 Å². The fraction of sp³-hybridized carbons (Fsp3) is 0.600. The third-order valence-electron chi connectivity index (χ3n) is 4.79. The van der Waals surface area contributed by atoms with E-state index in [2.05, 4.69) is 13.0 Å². The first-order valence-corrected chi connectivity index (χ1v) is 6.39. The van der Waals surface area contributed by atoms with E-state index in [1.165, 1.54) is 12.5 Å². The van der Waals surface area contributed by atoms with Crippen LogP contribution < -0.4 is 0 Å². The Morgan fingerprint density at radius 3 is 2.44 bits per heavy atom. The SMILES string of the molecule is CC(=O)C1=C(O)C(=O)C(C)(C)C12CC=C(C)CC2. The number of Topliss-reactive ketones (excluding diaryl/α,β-unsaturated/α-hetero) is 2. The van der Waals surface area contributed by atoms with Gasteiger partial charge in [0.25, 0.3) is 0 Å². The van der Waals surface area contributed by atoms with Crippen molar-refractivity contribution in [1.82, 2.24) is 0 Å². The molecule has 0 aromatic carbocycles. The van der Waals surface area contributed by atoms with E-state index >= 15 is 0 Å². The topological polar surface area (TPSA) is 54.4 Å². The van der Waals surface area contributed by atoms with Crippen molar-refractivity contribution in [2.24, 2.45) is 10.8 Å². The maximum Gasteiger partial charge on any atom is 0.204 e. The van der Waals surface area contributed by atoms with Crippen molar-refractivity contribution in [3.05, 3.63) is 23.0 Å². The summed E-state index contributed by atoms with van der Waals surface area (Å²) >= 11 is 0. The Balaban J connectivity index is 2.63. The molecule has 18 heavy (non-hydrogen) atoms. The predicted molar refractivity (Wildman–Crippen MR) is 69.2 cm³/mol. The van der Waals surface area contributed by atoms with Crippen LogP contribution in [0.5, 0.6) is 0 Å². The van der Waals surface area contributed by atoms with Crippen LogP contribution in [-0.4, -0.2) is 16.7 Å². The minimum atomic E-state index is -0.699. The van der Waals surface area contributed by atoms with Crippen molar-refractivity contribution in [3.63, 3.8) is 0 Å². The van der Waals surface area contributed by atoms with Crippen LogP contribution in [0, 0.1) is 10.8 Å². The number of carbonyl (C=O) groups excluding carboxylic acids is 2. The fourth-order valence-corrected chi connectivity index (χ4v) is 3.43. The van der Waals surface area contributed by atoms with Crippen molar-refractivity contribution < 1.29 is 14.7 Å². The van der Waals surface area contributed by atoms with Gasteiger partial charge < -0.3 is 5.11 Å². The van der Waals surface area contributed by atoms with Gasteiger partial charge in [-0.3, -0.25) is 9.59 Å². The van der Waals surface area contributed by atoms with Gasteiger partial charge in [0.1, 0.15) is 0 Å².